The molecule has 0 aliphatic rings. The van der Waals surface area contributed by atoms with Crippen molar-refractivity contribution in [2.24, 2.45) is 11.8 Å². The summed E-state index contributed by atoms with van der Waals surface area (Å²) in [5.41, 5.74) is 0. The minimum atomic E-state index is -4.38. The molecule has 0 unspecified atom stereocenters. The van der Waals surface area contributed by atoms with E-state index in [4.69, 9.17) is 0 Å². The van der Waals surface area contributed by atoms with Crippen LogP contribution in [0.25, 0.3) is 0 Å². The van der Waals surface area contributed by atoms with Gasteiger partial charge in [0, 0.05) is 6.42 Å². The Bertz CT molecular complexity index is 172. The minimum absolute atomic E-state index is 0.0447. The van der Waals surface area contributed by atoms with Crippen LogP contribution in [-0.4, -0.2) is 12.0 Å². The van der Waals surface area contributed by atoms with Gasteiger partial charge < -0.3 is 0 Å². The van der Waals surface area contributed by atoms with E-state index in [1.54, 1.807) is 13.8 Å². The lowest BCUT2D eigenvalue weighted by molar-refractivity contribution is -0.184. The Kier molecular flexibility index (Phi) is 4.44. The molecule has 0 aromatic carbocycles. The van der Waals surface area contributed by atoms with Gasteiger partial charge in [0.2, 0.25) is 0 Å². The zero-order chi connectivity index (χ0) is 10.6. The first kappa shape index (κ1) is 12.5. The van der Waals surface area contributed by atoms with E-state index in [1.807, 2.05) is 0 Å². The monoisotopic (exact) mass is 196 g/mol. The van der Waals surface area contributed by atoms with Gasteiger partial charge in [-0.25, -0.2) is 0 Å². The average molecular weight is 196 g/mol. The normalized spacial score (nSPS) is 14.7. The van der Waals surface area contributed by atoms with Crippen molar-refractivity contribution in [3.8, 4) is 0 Å². The van der Waals surface area contributed by atoms with Crippen LogP contribution in [0.3, 0.4) is 0 Å². The van der Waals surface area contributed by atoms with Crippen LogP contribution in [0.2, 0.25) is 0 Å². The van der Waals surface area contributed by atoms with Gasteiger partial charge in [-0.1, -0.05) is 20.8 Å². The fourth-order valence-corrected chi connectivity index (χ4v) is 1.17. The molecule has 4 heteroatoms. The first-order valence-electron chi connectivity index (χ1n) is 4.38. The van der Waals surface area contributed by atoms with Gasteiger partial charge in [0.15, 0.2) is 0 Å². The predicted molar refractivity (Wildman–Crippen MR) is 44.3 cm³/mol. The van der Waals surface area contributed by atoms with Gasteiger partial charge >= 0.3 is 6.18 Å². The van der Waals surface area contributed by atoms with E-state index in [0.717, 1.165) is 0 Å². The van der Waals surface area contributed by atoms with E-state index in [2.05, 4.69) is 0 Å². The fourth-order valence-electron chi connectivity index (χ4n) is 1.17. The van der Waals surface area contributed by atoms with Crippen LogP contribution in [0.4, 0.5) is 13.2 Å². The first-order chi connectivity index (χ1) is 5.79. The SMILES string of the molecule is CCC(=O)[C@H](CC(C)C)C(F)(F)F. The van der Waals surface area contributed by atoms with Crippen molar-refractivity contribution in [3.63, 3.8) is 0 Å². The van der Waals surface area contributed by atoms with Crippen LogP contribution < -0.4 is 0 Å². The van der Waals surface area contributed by atoms with E-state index in [-0.39, 0.29) is 18.8 Å². The quantitative estimate of drug-likeness (QED) is 0.674. The van der Waals surface area contributed by atoms with Crippen LogP contribution in [0, 0.1) is 11.8 Å². The third kappa shape index (κ3) is 4.29. The Balaban J connectivity index is 4.47. The van der Waals surface area contributed by atoms with E-state index >= 15 is 0 Å². The molecular formula is C9H15F3O. The number of Topliss-reactive ketones (excluding diaryl/α,β-unsaturated/α-hetero) is 1. The summed E-state index contributed by atoms with van der Waals surface area (Å²) in [6, 6.07) is 0. The van der Waals surface area contributed by atoms with Crippen LogP contribution in [0.1, 0.15) is 33.6 Å². The molecule has 0 rings (SSSR count). The van der Waals surface area contributed by atoms with Gasteiger partial charge in [-0.2, -0.15) is 13.2 Å². The molecule has 0 aromatic rings. The standard InChI is InChI=1S/C9H15F3O/c1-4-8(13)7(5-6(2)3)9(10,11)12/h6-7H,4-5H2,1-3H3/t7-/m0/s1. The highest BCUT2D eigenvalue weighted by Gasteiger charge is 2.43. The molecule has 0 heterocycles. The van der Waals surface area contributed by atoms with Crippen LogP contribution in [0.15, 0.2) is 0 Å². The Hall–Kier alpha value is -0.540. The molecule has 13 heavy (non-hydrogen) atoms. The summed E-state index contributed by atoms with van der Waals surface area (Å²) in [4.78, 5) is 11.0. The number of hydrogen-bond acceptors (Lipinski definition) is 1. The topological polar surface area (TPSA) is 17.1 Å². The highest BCUT2D eigenvalue weighted by molar-refractivity contribution is 5.81. The summed E-state index contributed by atoms with van der Waals surface area (Å²) in [5, 5.41) is 0. The highest BCUT2D eigenvalue weighted by atomic mass is 19.4. The molecule has 0 N–H and O–H groups in total. The summed E-state index contributed by atoms with van der Waals surface area (Å²) in [6.07, 6.45) is -4.52. The second kappa shape index (κ2) is 4.63. The van der Waals surface area contributed by atoms with Gasteiger partial charge in [0.1, 0.15) is 11.7 Å². The Morgan fingerprint density at radius 2 is 1.77 bits per heavy atom. The summed E-state index contributed by atoms with van der Waals surface area (Å²) in [5.74, 6) is -2.58. The van der Waals surface area contributed by atoms with Gasteiger partial charge in [-0.05, 0) is 12.3 Å². The van der Waals surface area contributed by atoms with Crippen LogP contribution in [-0.2, 0) is 4.79 Å². The Morgan fingerprint density at radius 3 is 2.00 bits per heavy atom. The lowest BCUT2D eigenvalue weighted by Crippen LogP contribution is -2.31. The first-order valence-corrected chi connectivity index (χ1v) is 4.38. The van der Waals surface area contributed by atoms with E-state index in [1.165, 1.54) is 6.92 Å². The third-order valence-electron chi connectivity index (χ3n) is 1.84. The second-order valence-electron chi connectivity index (χ2n) is 3.54. The maximum absolute atomic E-state index is 12.3. The predicted octanol–water partition coefficient (Wildman–Crippen LogP) is 3.19. The lowest BCUT2D eigenvalue weighted by atomic mass is 9.91. The van der Waals surface area contributed by atoms with Gasteiger partial charge in [0.25, 0.3) is 0 Å². The van der Waals surface area contributed by atoms with Crippen molar-refractivity contribution < 1.29 is 18.0 Å². The third-order valence-corrected chi connectivity index (χ3v) is 1.84. The van der Waals surface area contributed by atoms with Crippen LogP contribution in [0.5, 0.6) is 0 Å². The maximum atomic E-state index is 12.3. The molecule has 0 aliphatic heterocycles. The average Bonchev–Trinajstić information content (AvgIpc) is 1.96. The van der Waals surface area contributed by atoms with Crippen molar-refractivity contribution in [3.05, 3.63) is 0 Å². The molecule has 0 bridgehead atoms. The molecule has 1 nitrogen and oxygen atoms in total. The highest BCUT2D eigenvalue weighted by Crippen LogP contribution is 2.32. The maximum Gasteiger partial charge on any atom is 0.398 e. The van der Waals surface area contributed by atoms with Crippen molar-refractivity contribution in [2.75, 3.05) is 0 Å². The number of carbonyl (C=O) groups is 1. The van der Waals surface area contributed by atoms with Crippen molar-refractivity contribution >= 4 is 5.78 Å². The van der Waals surface area contributed by atoms with Crippen LogP contribution >= 0.6 is 0 Å². The molecule has 0 saturated carbocycles. The fraction of sp³-hybridized carbons (Fsp3) is 0.889. The molecular weight excluding hydrogens is 181 g/mol. The largest absolute Gasteiger partial charge is 0.398 e. The number of halogens is 3. The summed E-state index contributed by atoms with van der Waals surface area (Å²) in [7, 11) is 0. The molecule has 0 fully saturated rings. The van der Waals surface area contributed by atoms with E-state index in [9.17, 15) is 18.0 Å². The summed E-state index contributed by atoms with van der Waals surface area (Å²) < 4.78 is 36.9. The van der Waals surface area contributed by atoms with Crippen molar-refractivity contribution in [1.29, 1.82) is 0 Å². The molecule has 0 aromatic heterocycles. The van der Waals surface area contributed by atoms with E-state index < -0.39 is 17.9 Å². The summed E-state index contributed by atoms with van der Waals surface area (Å²) in [6.45, 7) is 4.82. The molecule has 1 atom stereocenters. The number of carbonyl (C=O) groups excluding carboxylic acids is 1. The Morgan fingerprint density at radius 1 is 1.31 bits per heavy atom. The van der Waals surface area contributed by atoms with Crippen molar-refractivity contribution in [2.45, 2.75) is 39.8 Å². The zero-order valence-electron chi connectivity index (χ0n) is 8.11. The van der Waals surface area contributed by atoms with Gasteiger partial charge in [-0.3, -0.25) is 4.79 Å². The molecule has 0 amide bonds. The van der Waals surface area contributed by atoms with E-state index in [0.29, 0.717) is 0 Å². The lowest BCUT2D eigenvalue weighted by Gasteiger charge is -2.20. The van der Waals surface area contributed by atoms with Gasteiger partial charge in [0.05, 0.1) is 0 Å². The Labute approximate surface area is 76.3 Å². The van der Waals surface area contributed by atoms with Crippen molar-refractivity contribution in [1.82, 2.24) is 0 Å². The molecule has 0 aliphatic carbocycles. The minimum Gasteiger partial charge on any atom is -0.299 e. The van der Waals surface area contributed by atoms with Gasteiger partial charge in [-0.15, -0.1) is 0 Å². The number of rotatable bonds is 4. The molecule has 0 saturated heterocycles. The molecule has 0 radical (unpaired) electrons. The number of ketones is 1. The zero-order valence-corrected chi connectivity index (χ0v) is 8.11. The number of alkyl halides is 3. The number of hydrogen-bond donors (Lipinski definition) is 0. The smallest absolute Gasteiger partial charge is 0.299 e. The summed E-state index contributed by atoms with van der Waals surface area (Å²) >= 11 is 0. The molecule has 78 valence electrons. The molecule has 0 spiro atoms. The second-order valence-corrected chi connectivity index (χ2v) is 3.54.